The molecule has 33 nitrogen and oxygen atoms in total. The van der Waals surface area contributed by atoms with Crippen molar-refractivity contribution in [3.63, 3.8) is 0 Å². The van der Waals surface area contributed by atoms with Crippen LogP contribution >= 0.6 is 15.9 Å². The van der Waals surface area contributed by atoms with E-state index >= 15 is 0 Å². The van der Waals surface area contributed by atoms with Crippen LogP contribution in [0.25, 0.3) is 133 Å². The highest BCUT2D eigenvalue weighted by Crippen LogP contribution is 2.46. The monoisotopic (exact) mass is 1870 g/mol. The van der Waals surface area contributed by atoms with Crippen LogP contribution in [0.3, 0.4) is 0 Å². The zero-order valence-electron chi connectivity index (χ0n) is 73.7. The van der Waals surface area contributed by atoms with E-state index in [1.807, 2.05) is 111 Å². The number of rotatable bonds is 15. The minimum Gasteiger partial charge on any atom is -0.495 e. The summed E-state index contributed by atoms with van der Waals surface area (Å²) in [6.07, 6.45) is 20.8. The molecule has 2 amide bonds. The van der Waals surface area contributed by atoms with Gasteiger partial charge in [0.2, 0.25) is 0 Å². The average Bonchev–Trinajstić information content (AvgIpc) is 1.61. The number of urea groups is 1. The van der Waals surface area contributed by atoms with Gasteiger partial charge in [0.05, 0.1) is 63.8 Å². The molecule has 2 saturated heterocycles. The Bertz CT molecular complexity index is 7590. The number of halogens is 2. The maximum Gasteiger partial charge on any atom is 0.319 e. The first-order valence-electron chi connectivity index (χ1n) is 44.3. The van der Waals surface area contributed by atoms with Crippen LogP contribution in [0, 0.1) is 17.7 Å². The number of hydrogen-bond donors (Lipinski definition) is 10. The van der Waals surface area contributed by atoms with E-state index in [0.717, 1.165) is 178 Å². The van der Waals surface area contributed by atoms with Gasteiger partial charge < -0.3 is 67.6 Å². The second-order valence-electron chi connectivity index (χ2n) is 34.7. The molecule has 14 N–H and O–H groups in total. The van der Waals surface area contributed by atoms with E-state index in [0.29, 0.717) is 116 Å². The molecular formula is C97H99BrFN25O8S. The molecule has 36 heteroatoms. The normalized spacial score (nSPS) is 17.1. The van der Waals surface area contributed by atoms with Crippen molar-refractivity contribution in [1.29, 1.82) is 0 Å². The lowest BCUT2D eigenvalue weighted by molar-refractivity contribution is -0.143. The van der Waals surface area contributed by atoms with Gasteiger partial charge in [-0.05, 0) is 141 Å². The predicted octanol–water partition coefficient (Wildman–Crippen LogP) is 17.0. The fourth-order valence-corrected chi connectivity index (χ4v) is 21.1. The molecule has 2 saturated carbocycles. The van der Waals surface area contributed by atoms with Gasteiger partial charge in [-0.2, -0.15) is 22.1 Å². The summed E-state index contributed by atoms with van der Waals surface area (Å²) < 4.78 is 56.6. The molecular weight excluding hydrogens is 1770 g/mol. The van der Waals surface area contributed by atoms with Crippen LogP contribution in [0.15, 0.2) is 200 Å². The van der Waals surface area contributed by atoms with Crippen LogP contribution in [0.1, 0.15) is 124 Å². The standard InChI is InChI=1S/C28H29N7O.C27H24FN5O2.C21H20BrN5O2.C21H26N8O3S/c1-33(2)28(36)34-14-11-19(12-15-34)27-32-24(25-26(29)30-13-16-35(25)27)22-17-20-9-6-10-21(23(20)31-22)18-7-4-3-5-8-18;28-20-7-2-1-5-18(20)19-6-3-4-17-14-21(31-22(17)19)23-24-25(29)30-12-13-33(24)26(32-23)15-8-10-16(11-9-15)27(34)35;22-14-3-1-2-13-10-15(25-16(13)14)17-18-19(23)24-8-9-27(18)20(26-17)11-4-6-12(7-5-11)21(28)29;1-27(2)33(30,31)28-9-7-13(8-10-28)21-26-18(19-20(22)23-12-24-29(19)21)15-11-14-5-4-6-16(32-3)17(14)25-15/h3-10,13,16-17,19,31H,11-12,14-15H2,1-2H3,(H2,29,30);1-7,12-16,31H,8-11H2,(H2,29,30)(H,34,35);1-3,8-12,25H,4-7H2,(H2,23,24)(H,28,29);4-6,11-13,25H,7-10H2,1-3H3,(H2,22,23,24). The number of nitrogens with one attached hydrogen (secondary N) is 4. The highest BCUT2D eigenvalue weighted by atomic mass is 79.9. The number of likely N-dealkylation sites (tertiary alicyclic amines) is 1. The lowest BCUT2D eigenvalue weighted by Gasteiger charge is -2.33. The number of benzene rings is 6. The molecule has 14 heterocycles. The Labute approximate surface area is 770 Å². The number of imidazole rings is 4. The number of aromatic nitrogens is 17. The fourth-order valence-electron chi connectivity index (χ4n) is 19.5. The maximum atomic E-state index is 14.6. The molecule has 12 aromatic heterocycles. The van der Waals surface area contributed by atoms with Crippen molar-refractivity contribution in [2.45, 2.75) is 101 Å². The summed E-state index contributed by atoms with van der Waals surface area (Å²) >= 11 is 3.59. The number of carbonyl (C=O) groups excluding carboxylic acids is 1. The van der Waals surface area contributed by atoms with E-state index in [1.165, 1.54) is 21.0 Å². The number of piperidine rings is 2. The molecule has 4 fully saturated rings. The smallest absolute Gasteiger partial charge is 0.319 e. The number of aromatic amines is 4. The molecule has 2 aliphatic heterocycles. The van der Waals surface area contributed by atoms with E-state index in [4.69, 9.17) is 47.6 Å². The van der Waals surface area contributed by atoms with Crippen molar-refractivity contribution >= 4 is 133 Å². The van der Waals surface area contributed by atoms with E-state index < -0.39 is 22.1 Å². The van der Waals surface area contributed by atoms with Crippen LogP contribution < -0.4 is 27.7 Å². The summed E-state index contributed by atoms with van der Waals surface area (Å²) in [6, 6.07) is 49.3. The number of para-hydroxylation sites is 4. The molecule has 0 unspecified atom stereocenters. The Morgan fingerprint density at radius 1 is 0.459 bits per heavy atom. The number of carboxylic acid groups (broad SMARTS) is 2. The molecule has 0 radical (unpaired) electrons. The molecule has 2 aliphatic carbocycles. The lowest BCUT2D eigenvalue weighted by Crippen LogP contribution is -2.44. The number of ether oxygens (including phenoxy) is 1. The van der Waals surface area contributed by atoms with Crippen molar-refractivity contribution in [2.24, 2.45) is 11.8 Å². The van der Waals surface area contributed by atoms with Crippen molar-refractivity contribution in [3.05, 3.63) is 229 Å². The summed E-state index contributed by atoms with van der Waals surface area (Å²) in [5.41, 5.74) is 41.8. The van der Waals surface area contributed by atoms with Gasteiger partial charge in [-0.1, -0.05) is 109 Å². The Balaban J connectivity index is 0.000000115. The third-order valence-corrected chi connectivity index (χ3v) is 28.9. The van der Waals surface area contributed by atoms with E-state index in [2.05, 4.69) is 120 Å². The maximum absolute atomic E-state index is 14.6. The van der Waals surface area contributed by atoms with Crippen LogP contribution in [0.2, 0.25) is 0 Å². The number of H-pyrrole nitrogens is 4. The van der Waals surface area contributed by atoms with Crippen molar-refractivity contribution in [3.8, 4) is 73.6 Å². The molecule has 0 atom stereocenters. The van der Waals surface area contributed by atoms with Crippen LogP contribution in [0.4, 0.5) is 32.5 Å². The lowest BCUT2D eigenvalue weighted by atomic mass is 9.81. The van der Waals surface area contributed by atoms with Crippen LogP contribution in [0.5, 0.6) is 5.75 Å². The van der Waals surface area contributed by atoms with E-state index in [9.17, 15) is 37.4 Å². The first-order valence-corrected chi connectivity index (χ1v) is 46.5. The van der Waals surface area contributed by atoms with Crippen molar-refractivity contribution < 1.29 is 42.1 Å². The Morgan fingerprint density at radius 3 is 1.34 bits per heavy atom. The number of carboxylic acids is 2. The first kappa shape index (κ1) is 87.7. The number of fused-ring (bicyclic) bond motifs is 8. The quantitative estimate of drug-likeness (QED) is 0.0456. The van der Waals surface area contributed by atoms with Gasteiger partial charge in [0.1, 0.15) is 103 Å². The molecule has 0 spiro atoms. The number of nitrogen functional groups attached to an aromatic ring is 4. The van der Waals surface area contributed by atoms with Crippen LogP contribution in [-0.4, -0.2) is 199 Å². The summed E-state index contributed by atoms with van der Waals surface area (Å²) in [7, 11) is 4.88. The number of nitrogens with two attached hydrogens (primary N) is 4. The number of amides is 2. The molecule has 4 aliphatic rings. The van der Waals surface area contributed by atoms with Gasteiger partial charge in [0.25, 0.3) is 10.2 Å². The summed E-state index contributed by atoms with van der Waals surface area (Å²) in [6.45, 7) is 2.25. The Kier molecular flexibility index (Phi) is 23.9. The molecule has 6 aromatic carbocycles. The summed E-state index contributed by atoms with van der Waals surface area (Å²) in [4.78, 5) is 89.8. The number of hydrogen-bond acceptors (Lipinski definition) is 19. The van der Waals surface area contributed by atoms with Crippen molar-refractivity contribution in [1.82, 2.24) is 101 Å². The third-order valence-electron chi connectivity index (χ3n) is 26.3. The van der Waals surface area contributed by atoms with Gasteiger partial charge in [-0.15, -0.1) is 0 Å². The molecule has 0 bridgehead atoms. The topological polar surface area (TPSA) is 449 Å². The highest BCUT2D eigenvalue weighted by Gasteiger charge is 2.37. The zero-order valence-corrected chi connectivity index (χ0v) is 76.1. The van der Waals surface area contributed by atoms with Gasteiger partial charge in [-0.25, -0.2) is 53.6 Å². The summed E-state index contributed by atoms with van der Waals surface area (Å²) in [5, 5.41) is 27.2. The number of methoxy groups -OCH3 is 1. The molecule has 18 aromatic rings. The minimum atomic E-state index is -3.44. The van der Waals surface area contributed by atoms with Gasteiger partial charge in [-0.3, -0.25) is 22.8 Å². The number of aliphatic carboxylic acids is 2. The average molecular weight is 1870 g/mol. The fraction of sp³-hybridized carbons (Fsp3) is 0.278. The predicted molar refractivity (Wildman–Crippen MR) is 515 cm³/mol. The second-order valence-corrected chi connectivity index (χ2v) is 37.7. The summed E-state index contributed by atoms with van der Waals surface area (Å²) in [5.74, 6) is 4.15. The van der Waals surface area contributed by atoms with E-state index in [-0.39, 0.29) is 47.4 Å². The number of carbonyl (C=O) groups is 3. The van der Waals surface area contributed by atoms with Gasteiger partial charge in [0, 0.05) is 158 Å². The molecule has 680 valence electrons. The SMILES string of the molecule is CN(C)C(=O)N1CCC(c2nc(-c3cc4cccc(-c5ccccc5)c4[nH]3)c3c(N)nccn23)CC1.COc1cccc2cc(-c3nc(C4CCN(S(=O)(=O)N(C)C)CC4)n4ncnc(N)c34)[nH]c12.Nc1nccn2c(C3CCC(C(=O)O)CC3)nc(-c3cc4cccc(-c5ccccc5F)c4[nH]3)c12.Nc1nccn2c(C3CCC(C(=O)O)CC3)nc(-c3cc4cccc(Br)c4[nH]3)c12. The molecule has 133 heavy (non-hydrogen) atoms. The van der Waals surface area contributed by atoms with E-state index in [1.54, 1.807) is 75.4 Å². The minimum absolute atomic E-state index is 0.0353. The third kappa shape index (κ3) is 16.6. The zero-order chi connectivity index (χ0) is 92.4. The Hall–Kier alpha value is -14.6. The Morgan fingerprint density at radius 2 is 0.857 bits per heavy atom. The van der Waals surface area contributed by atoms with Crippen LogP contribution in [-0.2, 0) is 19.8 Å². The van der Waals surface area contributed by atoms with Gasteiger partial charge in [0.15, 0.2) is 5.82 Å². The largest absolute Gasteiger partial charge is 0.495 e. The second kappa shape index (κ2) is 36.3. The number of anilines is 4. The molecule has 22 rings (SSSR count). The van der Waals surface area contributed by atoms with Gasteiger partial charge >= 0.3 is 18.0 Å². The first-order chi connectivity index (χ1) is 64.3. The van der Waals surface area contributed by atoms with Crippen molar-refractivity contribution in [2.75, 3.05) is 84.4 Å². The highest BCUT2D eigenvalue weighted by molar-refractivity contribution is 9.10. The number of nitrogens with zero attached hydrogens (tertiary/aromatic N) is 17.